The minimum atomic E-state index is -0.248. The topological polar surface area (TPSA) is 26.0 Å². The van der Waals surface area contributed by atoms with Crippen LogP contribution in [0.5, 0.6) is 0 Å². The minimum Gasteiger partial charge on any atom is -0.324 e. The highest BCUT2D eigenvalue weighted by Gasteiger charge is 2.12. The van der Waals surface area contributed by atoms with Gasteiger partial charge in [0.15, 0.2) is 0 Å². The van der Waals surface area contributed by atoms with Gasteiger partial charge in [0.05, 0.1) is 4.47 Å². The number of hydrogen-bond donors (Lipinski definition) is 1. The fraction of sp³-hybridized carbons (Fsp3) is 0.200. The first kappa shape index (κ1) is 14.6. The van der Waals surface area contributed by atoms with Gasteiger partial charge in [0, 0.05) is 10.9 Å². The third kappa shape index (κ3) is 3.59. The molecule has 100 valence electrons. The second-order valence-electron chi connectivity index (χ2n) is 4.30. The zero-order valence-electron chi connectivity index (χ0n) is 10.6. The molecule has 0 radical (unpaired) electrons. The second kappa shape index (κ2) is 6.55. The van der Waals surface area contributed by atoms with Crippen LogP contribution in [0.2, 0.25) is 0 Å². The van der Waals surface area contributed by atoms with Crippen LogP contribution in [-0.4, -0.2) is 6.26 Å². The van der Waals surface area contributed by atoms with Gasteiger partial charge < -0.3 is 5.73 Å². The molecule has 2 aromatic rings. The fourth-order valence-electron chi connectivity index (χ4n) is 2.00. The van der Waals surface area contributed by atoms with E-state index in [1.165, 1.54) is 11.0 Å². The molecule has 0 heterocycles. The Morgan fingerprint density at radius 3 is 2.68 bits per heavy atom. The van der Waals surface area contributed by atoms with Gasteiger partial charge in [-0.15, -0.1) is 11.8 Å². The molecule has 2 N–H and O–H groups in total. The molecular weight excluding hydrogens is 325 g/mol. The molecule has 0 aliphatic carbocycles. The molecule has 19 heavy (non-hydrogen) atoms. The Morgan fingerprint density at radius 2 is 2.00 bits per heavy atom. The summed E-state index contributed by atoms with van der Waals surface area (Å²) in [6, 6.07) is 13.1. The Bertz CT molecular complexity index is 574. The summed E-state index contributed by atoms with van der Waals surface area (Å²) in [6.07, 6.45) is 2.73. The van der Waals surface area contributed by atoms with E-state index >= 15 is 0 Å². The Kier molecular flexibility index (Phi) is 5.02. The predicted octanol–water partition coefficient (Wildman–Crippen LogP) is 4.55. The molecule has 0 fully saturated rings. The van der Waals surface area contributed by atoms with Crippen LogP contribution in [0, 0.1) is 5.82 Å². The molecule has 0 bridgehead atoms. The summed E-state index contributed by atoms with van der Waals surface area (Å²) < 4.78 is 13.7. The second-order valence-corrected chi connectivity index (χ2v) is 6.00. The van der Waals surface area contributed by atoms with Crippen molar-refractivity contribution < 1.29 is 4.39 Å². The van der Waals surface area contributed by atoms with E-state index in [0.717, 1.165) is 11.1 Å². The number of hydrogen-bond acceptors (Lipinski definition) is 2. The Morgan fingerprint density at radius 1 is 1.26 bits per heavy atom. The summed E-state index contributed by atoms with van der Waals surface area (Å²) in [4.78, 5) is 1.19. The van der Waals surface area contributed by atoms with Gasteiger partial charge in [-0.3, -0.25) is 0 Å². The highest BCUT2D eigenvalue weighted by molar-refractivity contribution is 9.10. The number of rotatable bonds is 4. The van der Waals surface area contributed by atoms with E-state index in [1.54, 1.807) is 23.9 Å². The molecule has 2 rings (SSSR count). The summed E-state index contributed by atoms with van der Waals surface area (Å²) in [5, 5.41) is 0. The van der Waals surface area contributed by atoms with Gasteiger partial charge >= 0.3 is 0 Å². The van der Waals surface area contributed by atoms with Crippen molar-refractivity contribution >= 4 is 27.7 Å². The quantitative estimate of drug-likeness (QED) is 0.826. The molecule has 1 nitrogen and oxygen atoms in total. The van der Waals surface area contributed by atoms with Crippen LogP contribution in [-0.2, 0) is 6.42 Å². The minimum absolute atomic E-state index is 0.0824. The number of halogens is 2. The summed E-state index contributed by atoms with van der Waals surface area (Å²) in [5.74, 6) is -0.248. The van der Waals surface area contributed by atoms with Crippen molar-refractivity contribution in [1.82, 2.24) is 0 Å². The molecule has 0 amide bonds. The molecule has 4 heteroatoms. The van der Waals surface area contributed by atoms with E-state index in [9.17, 15) is 4.39 Å². The van der Waals surface area contributed by atoms with Crippen LogP contribution in [0.4, 0.5) is 4.39 Å². The normalized spacial score (nSPS) is 12.4. The van der Waals surface area contributed by atoms with E-state index < -0.39 is 0 Å². The van der Waals surface area contributed by atoms with Crippen molar-refractivity contribution in [2.75, 3.05) is 6.26 Å². The molecular formula is C15H15BrFNS. The molecule has 0 spiro atoms. The lowest BCUT2D eigenvalue weighted by atomic mass is 10.00. The maximum absolute atomic E-state index is 13.2. The highest BCUT2D eigenvalue weighted by atomic mass is 79.9. The summed E-state index contributed by atoms with van der Waals surface area (Å²) >= 11 is 4.89. The van der Waals surface area contributed by atoms with Crippen LogP contribution >= 0.6 is 27.7 Å². The van der Waals surface area contributed by atoms with E-state index in [4.69, 9.17) is 5.73 Å². The Labute approximate surface area is 125 Å². The lowest BCUT2D eigenvalue weighted by Crippen LogP contribution is -2.14. The third-order valence-electron chi connectivity index (χ3n) is 2.98. The zero-order valence-corrected chi connectivity index (χ0v) is 13.0. The lowest BCUT2D eigenvalue weighted by Gasteiger charge is -2.15. The first-order chi connectivity index (χ1) is 9.11. The molecule has 2 aromatic carbocycles. The largest absolute Gasteiger partial charge is 0.324 e. The molecule has 0 aliphatic heterocycles. The SMILES string of the molecule is CSc1ccccc1C(N)Cc1ccc(F)c(Br)c1. The summed E-state index contributed by atoms with van der Waals surface area (Å²) in [7, 11) is 0. The first-order valence-electron chi connectivity index (χ1n) is 5.94. The standard InChI is InChI=1S/C15H15BrFNS/c1-19-15-5-3-2-4-11(15)14(18)9-10-6-7-13(17)12(16)8-10/h2-8,14H,9,18H2,1H3. The van der Waals surface area contributed by atoms with Crippen LogP contribution in [0.15, 0.2) is 51.8 Å². The van der Waals surface area contributed by atoms with Crippen LogP contribution < -0.4 is 5.73 Å². The smallest absolute Gasteiger partial charge is 0.137 e. The summed E-state index contributed by atoms with van der Waals surface area (Å²) in [5.41, 5.74) is 8.43. The Balaban J connectivity index is 2.20. The number of nitrogens with two attached hydrogens (primary N) is 1. The summed E-state index contributed by atoms with van der Waals surface area (Å²) in [6.45, 7) is 0. The molecule has 0 aliphatic rings. The van der Waals surface area contributed by atoms with Gasteiger partial charge in [0.2, 0.25) is 0 Å². The van der Waals surface area contributed by atoms with Crippen molar-refractivity contribution in [2.45, 2.75) is 17.4 Å². The van der Waals surface area contributed by atoms with Gasteiger partial charge in [-0.05, 0) is 57.9 Å². The maximum atomic E-state index is 13.2. The fourth-order valence-corrected chi connectivity index (χ4v) is 3.10. The third-order valence-corrected chi connectivity index (χ3v) is 4.40. The molecule has 1 unspecified atom stereocenters. The van der Waals surface area contributed by atoms with E-state index in [-0.39, 0.29) is 11.9 Å². The number of benzene rings is 2. The zero-order chi connectivity index (χ0) is 13.8. The van der Waals surface area contributed by atoms with E-state index in [0.29, 0.717) is 10.9 Å². The van der Waals surface area contributed by atoms with Gasteiger partial charge in [0.25, 0.3) is 0 Å². The van der Waals surface area contributed by atoms with Gasteiger partial charge in [-0.2, -0.15) is 0 Å². The van der Waals surface area contributed by atoms with Gasteiger partial charge in [-0.25, -0.2) is 4.39 Å². The van der Waals surface area contributed by atoms with Crippen molar-refractivity contribution in [1.29, 1.82) is 0 Å². The van der Waals surface area contributed by atoms with Crippen LogP contribution in [0.1, 0.15) is 17.2 Å². The van der Waals surface area contributed by atoms with Gasteiger partial charge in [0.1, 0.15) is 5.82 Å². The Hall–Kier alpha value is -0.840. The molecule has 0 saturated carbocycles. The lowest BCUT2D eigenvalue weighted by molar-refractivity contribution is 0.618. The van der Waals surface area contributed by atoms with Gasteiger partial charge in [-0.1, -0.05) is 24.3 Å². The van der Waals surface area contributed by atoms with E-state index in [1.807, 2.05) is 18.4 Å². The number of thioether (sulfide) groups is 1. The average Bonchev–Trinajstić information content (AvgIpc) is 2.43. The van der Waals surface area contributed by atoms with Crippen molar-refractivity contribution in [2.24, 2.45) is 5.73 Å². The van der Waals surface area contributed by atoms with E-state index in [2.05, 4.69) is 28.1 Å². The van der Waals surface area contributed by atoms with Crippen LogP contribution in [0.3, 0.4) is 0 Å². The molecule has 0 aromatic heterocycles. The van der Waals surface area contributed by atoms with Crippen molar-refractivity contribution in [3.8, 4) is 0 Å². The predicted molar refractivity (Wildman–Crippen MR) is 83.0 cm³/mol. The van der Waals surface area contributed by atoms with Crippen molar-refractivity contribution in [3.63, 3.8) is 0 Å². The van der Waals surface area contributed by atoms with Crippen LogP contribution in [0.25, 0.3) is 0 Å². The molecule has 1 atom stereocenters. The molecule has 0 saturated heterocycles. The van der Waals surface area contributed by atoms with Crippen molar-refractivity contribution in [3.05, 3.63) is 63.9 Å². The monoisotopic (exact) mass is 339 g/mol. The highest BCUT2D eigenvalue weighted by Crippen LogP contribution is 2.27. The maximum Gasteiger partial charge on any atom is 0.137 e. The first-order valence-corrected chi connectivity index (χ1v) is 7.96. The average molecular weight is 340 g/mol.